The molecule has 1 aliphatic heterocycles. The SMILES string of the molecule is COc1ccc(-c2nnc(CN(C)C(=O)CCN3C(=O)[C@@H]4CCCC[C@H]4C3=O)o2)cc1OC. The average Bonchev–Trinajstić information content (AvgIpc) is 3.40. The number of hydrogen-bond donors (Lipinski definition) is 0. The summed E-state index contributed by atoms with van der Waals surface area (Å²) in [6.45, 7) is 0.223. The van der Waals surface area contributed by atoms with Gasteiger partial charge in [0.2, 0.25) is 29.5 Å². The van der Waals surface area contributed by atoms with E-state index in [1.54, 1.807) is 39.5 Å². The van der Waals surface area contributed by atoms with E-state index in [4.69, 9.17) is 13.9 Å². The van der Waals surface area contributed by atoms with Gasteiger partial charge in [0.25, 0.3) is 0 Å². The Bertz CT molecular complexity index is 1030. The van der Waals surface area contributed by atoms with Crippen LogP contribution >= 0.6 is 0 Å². The molecule has 1 aromatic heterocycles. The molecule has 1 saturated heterocycles. The Balaban J connectivity index is 1.34. The van der Waals surface area contributed by atoms with Crippen molar-refractivity contribution >= 4 is 17.7 Å². The van der Waals surface area contributed by atoms with Crippen molar-refractivity contribution < 1.29 is 28.3 Å². The summed E-state index contributed by atoms with van der Waals surface area (Å²) in [6.07, 6.45) is 3.54. The Labute approximate surface area is 191 Å². The number of rotatable bonds is 8. The van der Waals surface area contributed by atoms with Crippen LogP contribution in [-0.2, 0) is 20.9 Å². The quantitative estimate of drug-likeness (QED) is 0.556. The number of imide groups is 1. The molecule has 2 aliphatic rings. The molecule has 0 N–H and O–H groups in total. The van der Waals surface area contributed by atoms with Crippen molar-refractivity contribution in [3.63, 3.8) is 0 Å². The molecule has 33 heavy (non-hydrogen) atoms. The van der Waals surface area contributed by atoms with E-state index >= 15 is 0 Å². The van der Waals surface area contributed by atoms with E-state index in [-0.39, 0.29) is 55.0 Å². The average molecular weight is 456 g/mol. The summed E-state index contributed by atoms with van der Waals surface area (Å²) in [5.41, 5.74) is 0.660. The van der Waals surface area contributed by atoms with Crippen molar-refractivity contribution in [1.82, 2.24) is 20.0 Å². The van der Waals surface area contributed by atoms with E-state index in [1.165, 1.54) is 9.80 Å². The zero-order chi connectivity index (χ0) is 23.5. The number of ether oxygens (including phenoxy) is 2. The van der Waals surface area contributed by atoms with Crippen LogP contribution in [0.1, 0.15) is 38.0 Å². The zero-order valence-electron chi connectivity index (χ0n) is 19.1. The fourth-order valence-electron chi connectivity index (χ4n) is 4.54. The van der Waals surface area contributed by atoms with E-state index < -0.39 is 0 Å². The van der Waals surface area contributed by atoms with Gasteiger partial charge in [-0.1, -0.05) is 12.8 Å². The molecule has 2 atom stereocenters. The Hall–Kier alpha value is -3.43. The molecule has 1 aromatic carbocycles. The first-order chi connectivity index (χ1) is 15.9. The molecule has 2 heterocycles. The highest BCUT2D eigenvalue weighted by molar-refractivity contribution is 6.05. The lowest BCUT2D eigenvalue weighted by Crippen LogP contribution is -2.36. The van der Waals surface area contributed by atoms with Crippen LogP contribution in [0.5, 0.6) is 11.5 Å². The number of carbonyl (C=O) groups is 3. The molecule has 3 amide bonds. The summed E-state index contributed by atoms with van der Waals surface area (Å²) in [5, 5.41) is 8.07. The second kappa shape index (κ2) is 9.60. The van der Waals surface area contributed by atoms with Gasteiger partial charge in [-0.25, -0.2) is 0 Å². The number of carbonyl (C=O) groups excluding carboxylic acids is 3. The standard InChI is InChI=1S/C23H28N4O6/c1-26(20(28)10-11-27-22(29)15-6-4-5-7-16(15)23(27)30)13-19-24-25-21(33-19)14-8-9-17(31-2)18(12-14)32-3/h8-9,12,15-16H,4-7,10-11,13H2,1-3H3/t15-,16-/m1/s1. The summed E-state index contributed by atoms with van der Waals surface area (Å²) in [6, 6.07) is 5.24. The number of hydrogen-bond acceptors (Lipinski definition) is 8. The maximum absolute atomic E-state index is 12.6. The smallest absolute Gasteiger partial charge is 0.247 e. The third kappa shape index (κ3) is 4.55. The normalized spacial score (nSPS) is 20.0. The third-order valence-electron chi connectivity index (χ3n) is 6.38. The van der Waals surface area contributed by atoms with Crippen LogP contribution in [0, 0.1) is 11.8 Å². The van der Waals surface area contributed by atoms with E-state index in [1.807, 2.05) is 0 Å². The molecule has 1 saturated carbocycles. The minimum Gasteiger partial charge on any atom is -0.493 e. The first-order valence-corrected chi connectivity index (χ1v) is 11.1. The molecule has 10 heteroatoms. The number of aromatic nitrogens is 2. The first kappa shape index (κ1) is 22.8. The molecule has 176 valence electrons. The first-order valence-electron chi connectivity index (χ1n) is 11.1. The molecule has 2 fully saturated rings. The molecule has 2 aromatic rings. The number of likely N-dealkylation sites (tertiary alicyclic amines) is 1. The van der Waals surface area contributed by atoms with Crippen molar-refractivity contribution in [2.75, 3.05) is 27.8 Å². The van der Waals surface area contributed by atoms with Crippen LogP contribution in [0.3, 0.4) is 0 Å². The maximum Gasteiger partial charge on any atom is 0.247 e. The van der Waals surface area contributed by atoms with Crippen molar-refractivity contribution in [3.05, 3.63) is 24.1 Å². The van der Waals surface area contributed by atoms with Gasteiger partial charge in [-0.15, -0.1) is 10.2 Å². The molecule has 0 unspecified atom stereocenters. The molecule has 0 bridgehead atoms. The lowest BCUT2D eigenvalue weighted by molar-refractivity contribution is -0.140. The largest absolute Gasteiger partial charge is 0.493 e. The number of benzene rings is 1. The summed E-state index contributed by atoms with van der Waals surface area (Å²) < 4.78 is 16.2. The lowest BCUT2D eigenvalue weighted by atomic mass is 9.81. The Morgan fingerprint density at radius 1 is 1.09 bits per heavy atom. The molecule has 1 aliphatic carbocycles. The predicted molar refractivity (Wildman–Crippen MR) is 116 cm³/mol. The molecular weight excluding hydrogens is 428 g/mol. The highest BCUT2D eigenvalue weighted by atomic mass is 16.5. The lowest BCUT2D eigenvalue weighted by Gasteiger charge is -2.19. The number of amides is 3. The van der Waals surface area contributed by atoms with Crippen LogP contribution < -0.4 is 9.47 Å². The molecular formula is C23H28N4O6. The summed E-state index contributed by atoms with van der Waals surface area (Å²) in [5.74, 6) is 0.815. The minimum atomic E-state index is -0.212. The number of nitrogens with zero attached hydrogens (tertiary/aromatic N) is 4. The number of fused-ring (bicyclic) bond motifs is 1. The van der Waals surface area contributed by atoms with Crippen LogP contribution in [0.2, 0.25) is 0 Å². The van der Waals surface area contributed by atoms with Crippen molar-refractivity contribution in [3.8, 4) is 23.0 Å². The van der Waals surface area contributed by atoms with Gasteiger partial charge in [0, 0.05) is 25.6 Å². The maximum atomic E-state index is 12.6. The van der Waals surface area contributed by atoms with Gasteiger partial charge in [0.15, 0.2) is 11.5 Å². The third-order valence-corrected chi connectivity index (χ3v) is 6.38. The zero-order valence-corrected chi connectivity index (χ0v) is 19.1. The van der Waals surface area contributed by atoms with Crippen LogP contribution in [0.25, 0.3) is 11.5 Å². The van der Waals surface area contributed by atoms with Crippen molar-refractivity contribution in [2.45, 2.75) is 38.6 Å². The predicted octanol–water partition coefficient (Wildman–Crippen LogP) is 2.28. The fraction of sp³-hybridized carbons (Fsp3) is 0.522. The Morgan fingerprint density at radius 2 is 1.76 bits per heavy atom. The second-order valence-corrected chi connectivity index (χ2v) is 8.40. The van der Waals surface area contributed by atoms with E-state index in [9.17, 15) is 14.4 Å². The summed E-state index contributed by atoms with van der Waals surface area (Å²) >= 11 is 0. The van der Waals surface area contributed by atoms with Gasteiger partial charge in [-0.2, -0.15) is 0 Å². The topological polar surface area (TPSA) is 115 Å². The van der Waals surface area contributed by atoms with Gasteiger partial charge < -0.3 is 18.8 Å². The van der Waals surface area contributed by atoms with Gasteiger partial charge in [-0.3, -0.25) is 19.3 Å². The fourth-order valence-corrected chi connectivity index (χ4v) is 4.54. The molecule has 10 nitrogen and oxygen atoms in total. The van der Waals surface area contributed by atoms with E-state index in [0.29, 0.717) is 23.0 Å². The monoisotopic (exact) mass is 456 g/mol. The van der Waals surface area contributed by atoms with Crippen LogP contribution in [0.4, 0.5) is 0 Å². The van der Waals surface area contributed by atoms with Crippen molar-refractivity contribution in [2.24, 2.45) is 11.8 Å². The second-order valence-electron chi connectivity index (χ2n) is 8.40. The van der Waals surface area contributed by atoms with Gasteiger partial charge in [0.1, 0.15) is 0 Å². The van der Waals surface area contributed by atoms with E-state index in [0.717, 1.165) is 25.7 Å². The van der Waals surface area contributed by atoms with Crippen LogP contribution in [-0.4, -0.2) is 65.5 Å². The Kier molecular flexibility index (Phi) is 6.62. The number of methoxy groups -OCH3 is 2. The summed E-state index contributed by atoms with van der Waals surface area (Å²) in [7, 11) is 4.71. The van der Waals surface area contributed by atoms with Crippen LogP contribution in [0.15, 0.2) is 22.6 Å². The van der Waals surface area contributed by atoms with E-state index in [2.05, 4.69) is 10.2 Å². The van der Waals surface area contributed by atoms with Crippen molar-refractivity contribution in [1.29, 1.82) is 0 Å². The van der Waals surface area contributed by atoms with Gasteiger partial charge >= 0.3 is 0 Å². The highest BCUT2D eigenvalue weighted by Gasteiger charge is 2.47. The summed E-state index contributed by atoms with van der Waals surface area (Å²) in [4.78, 5) is 40.5. The van der Waals surface area contributed by atoms with Gasteiger partial charge in [-0.05, 0) is 31.0 Å². The molecule has 0 spiro atoms. The molecule has 4 rings (SSSR count). The Morgan fingerprint density at radius 3 is 2.39 bits per heavy atom. The van der Waals surface area contributed by atoms with Gasteiger partial charge in [0.05, 0.1) is 32.6 Å². The molecule has 0 radical (unpaired) electrons. The highest BCUT2D eigenvalue weighted by Crippen LogP contribution is 2.38. The minimum absolute atomic E-state index is 0.0596.